The van der Waals surface area contributed by atoms with Gasteiger partial charge >= 0.3 is 0 Å². The van der Waals surface area contributed by atoms with Crippen LogP contribution in [0.5, 0.6) is 11.5 Å². The highest BCUT2D eigenvalue weighted by molar-refractivity contribution is 5.97. The van der Waals surface area contributed by atoms with E-state index in [0.29, 0.717) is 43.2 Å². The zero-order valence-electron chi connectivity index (χ0n) is 10.9. The number of amides is 1. The van der Waals surface area contributed by atoms with Crippen molar-refractivity contribution < 1.29 is 14.3 Å². The maximum atomic E-state index is 12.2. The number of aromatic nitrogens is 2. The molecule has 3 rings (SSSR count). The maximum Gasteiger partial charge on any atom is 0.255 e. The summed E-state index contributed by atoms with van der Waals surface area (Å²) in [6, 6.07) is 5.33. The molecule has 1 aliphatic heterocycles. The quantitative estimate of drug-likeness (QED) is 0.876. The molecule has 0 bridgehead atoms. The molecule has 1 amide bonds. The Morgan fingerprint density at radius 3 is 3.10 bits per heavy atom. The molecule has 2 heterocycles. The lowest BCUT2D eigenvalue weighted by atomic mass is 10.1. The molecule has 0 unspecified atom stereocenters. The summed E-state index contributed by atoms with van der Waals surface area (Å²) in [6.45, 7) is 1.51. The SMILES string of the molecule is O=C(NCCc1cnc[nH]1)c1cccc2c1OCCO2. The number of carbonyl (C=O) groups is 1. The number of hydrogen-bond donors (Lipinski definition) is 2. The summed E-state index contributed by atoms with van der Waals surface area (Å²) in [7, 11) is 0. The van der Waals surface area contributed by atoms with Crippen LogP contribution in [-0.4, -0.2) is 35.6 Å². The number of para-hydroxylation sites is 1. The highest BCUT2D eigenvalue weighted by Crippen LogP contribution is 2.33. The average Bonchev–Trinajstić information content (AvgIpc) is 3.00. The number of carbonyl (C=O) groups excluding carboxylic acids is 1. The molecule has 0 saturated heterocycles. The summed E-state index contributed by atoms with van der Waals surface area (Å²) in [5.41, 5.74) is 1.49. The van der Waals surface area contributed by atoms with Crippen LogP contribution in [0.25, 0.3) is 0 Å². The Kier molecular flexibility index (Phi) is 3.54. The highest BCUT2D eigenvalue weighted by Gasteiger charge is 2.19. The van der Waals surface area contributed by atoms with Crippen LogP contribution < -0.4 is 14.8 Å². The summed E-state index contributed by atoms with van der Waals surface area (Å²) in [5, 5.41) is 2.87. The minimum absolute atomic E-state index is 0.160. The number of benzene rings is 1. The van der Waals surface area contributed by atoms with Gasteiger partial charge in [-0.25, -0.2) is 4.98 Å². The summed E-state index contributed by atoms with van der Waals surface area (Å²) < 4.78 is 11.0. The van der Waals surface area contributed by atoms with Crippen molar-refractivity contribution in [2.24, 2.45) is 0 Å². The second-order valence-corrected chi connectivity index (χ2v) is 4.41. The zero-order valence-corrected chi connectivity index (χ0v) is 10.9. The first kappa shape index (κ1) is 12.5. The Balaban J connectivity index is 1.65. The Labute approximate surface area is 116 Å². The second-order valence-electron chi connectivity index (χ2n) is 4.41. The first-order valence-electron chi connectivity index (χ1n) is 6.48. The van der Waals surface area contributed by atoms with Gasteiger partial charge in [0.15, 0.2) is 11.5 Å². The van der Waals surface area contributed by atoms with Gasteiger partial charge in [0.2, 0.25) is 0 Å². The molecule has 6 nitrogen and oxygen atoms in total. The van der Waals surface area contributed by atoms with Crippen LogP contribution in [0.2, 0.25) is 0 Å². The first-order valence-corrected chi connectivity index (χ1v) is 6.48. The number of imidazole rings is 1. The fraction of sp³-hybridized carbons (Fsp3) is 0.286. The van der Waals surface area contributed by atoms with Crippen molar-refractivity contribution >= 4 is 5.91 Å². The summed E-state index contributed by atoms with van der Waals surface area (Å²) >= 11 is 0. The van der Waals surface area contributed by atoms with Gasteiger partial charge in [-0.1, -0.05) is 6.07 Å². The number of hydrogen-bond acceptors (Lipinski definition) is 4. The number of ether oxygens (including phenoxy) is 2. The van der Waals surface area contributed by atoms with E-state index in [0.717, 1.165) is 5.69 Å². The molecular formula is C14H15N3O3. The predicted molar refractivity (Wildman–Crippen MR) is 72.1 cm³/mol. The largest absolute Gasteiger partial charge is 0.486 e. The van der Waals surface area contributed by atoms with Crippen LogP contribution >= 0.6 is 0 Å². The molecule has 1 aliphatic rings. The van der Waals surface area contributed by atoms with E-state index in [1.54, 1.807) is 30.7 Å². The fourth-order valence-electron chi connectivity index (χ4n) is 2.08. The number of nitrogens with zero attached hydrogens (tertiary/aromatic N) is 1. The standard InChI is InChI=1S/C14H15N3O3/c18-14(16-5-4-10-8-15-9-17-10)11-2-1-3-12-13(11)20-7-6-19-12/h1-3,8-9H,4-7H2,(H,15,17)(H,16,18). The Bertz CT molecular complexity index is 596. The van der Waals surface area contributed by atoms with Crippen LogP contribution in [0.1, 0.15) is 16.1 Å². The maximum absolute atomic E-state index is 12.2. The van der Waals surface area contributed by atoms with Crippen molar-refractivity contribution in [3.05, 3.63) is 42.0 Å². The average molecular weight is 273 g/mol. The van der Waals surface area contributed by atoms with Crippen LogP contribution in [0.3, 0.4) is 0 Å². The lowest BCUT2D eigenvalue weighted by Crippen LogP contribution is -2.27. The molecule has 0 aliphatic carbocycles. The Hall–Kier alpha value is -2.50. The van der Waals surface area contributed by atoms with Crippen LogP contribution in [0.15, 0.2) is 30.7 Å². The van der Waals surface area contributed by atoms with E-state index >= 15 is 0 Å². The van der Waals surface area contributed by atoms with Gasteiger partial charge in [0.1, 0.15) is 13.2 Å². The van der Waals surface area contributed by atoms with Crippen LogP contribution in [0, 0.1) is 0 Å². The lowest BCUT2D eigenvalue weighted by Gasteiger charge is -2.20. The monoisotopic (exact) mass is 273 g/mol. The second kappa shape index (κ2) is 5.64. The van der Waals surface area contributed by atoms with Gasteiger partial charge in [0.25, 0.3) is 5.91 Å². The summed E-state index contributed by atoms with van der Waals surface area (Å²) in [6.07, 6.45) is 4.07. The van der Waals surface area contributed by atoms with Crippen molar-refractivity contribution in [2.75, 3.05) is 19.8 Å². The minimum atomic E-state index is -0.160. The highest BCUT2D eigenvalue weighted by atomic mass is 16.6. The van der Waals surface area contributed by atoms with Crippen molar-refractivity contribution in [2.45, 2.75) is 6.42 Å². The molecule has 1 aromatic heterocycles. The van der Waals surface area contributed by atoms with Gasteiger partial charge in [-0.05, 0) is 12.1 Å². The number of fused-ring (bicyclic) bond motifs is 1. The smallest absolute Gasteiger partial charge is 0.255 e. The molecule has 104 valence electrons. The van der Waals surface area contributed by atoms with Crippen molar-refractivity contribution in [3.63, 3.8) is 0 Å². The topological polar surface area (TPSA) is 76.2 Å². The molecule has 0 saturated carbocycles. The van der Waals surface area contributed by atoms with Crippen LogP contribution in [0.4, 0.5) is 0 Å². The molecule has 0 spiro atoms. The molecular weight excluding hydrogens is 258 g/mol. The third kappa shape index (κ3) is 2.59. The normalized spacial score (nSPS) is 13.0. The van der Waals surface area contributed by atoms with E-state index in [2.05, 4.69) is 15.3 Å². The third-order valence-electron chi connectivity index (χ3n) is 3.05. The molecule has 20 heavy (non-hydrogen) atoms. The molecule has 0 atom stereocenters. The van der Waals surface area contributed by atoms with Gasteiger partial charge in [0, 0.05) is 24.9 Å². The number of H-pyrrole nitrogens is 1. The molecule has 6 heteroatoms. The Morgan fingerprint density at radius 2 is 2.25 bits per heavy atom. The molecule has 2 N–H and O–H groups in total. The van der Waals surface area contributed by atoms with Crippen molar-refractivity contribution in [1.29, 1.82) is 0 Å². The van der Waals surface area contributed by atoms with E-state index in [4.69, 9.17) is 9.47 Å². The van der Waals surface area contributed by atoms with Gasteiger partial charge in [-0.3, -0.25) is 4.79 Å². The Morgan fingerprint density at radius 1 is 1.35 bits per heavy atom. The third-order valence-corrected chi connectivity index (χ3v) is 3.05. The predicted octanol–water partition coefficient (Wildman–Crippen LogP) is 1.15. The van der Waals surface area contributed by atoms with Gasteiger partial charge in [0.05, 0.1) is 11.9 Å². The van der Waals surface area contributed by atoms with E-state index < -0.39 is 0 Å². The van der Waals surface area contributed by atoms with Gasteiger partial charge in [-0.2, -0.15) is 0 Å². The number of nitrogens with one attached hydrogen (secondary N) is 2. The number of rotatable bonds is 4. The van der Waals surface area contributed by atoms with E-state index in [1.807, 2.05) is 0 Å². The van der Waals surface area contributed by atoms with Gasteiger partial charge < -0.3 is 19.8 Å². The van der Waals surface area contributed by atoms with Crippen molar-refractivity contribution in [1.82, 2.24) is 15.3 Å². The van der Waals surface area contributed by atoms with Crippen LogP contribution in [-0.2, 0) is 6.42 Å². The molecule has 0 fully saturated rings. The molecule has 2 aromatic rings. The van der Waals surface area contributed by atoms with E-state index in [9.17, 15) is 4.79 Å². The molecule has 1 aromatic carbocycles. The summed E-state index contributed by atoms with van der Waals surface area (Å²) in [4.78, 5) is 19.1. The fourth-order valence-corrected chi connectivity index (χ4v) is 2.08. The zero-order chi connectivity index (χ0) is 13.8. The van der Waals surface area contributed by atoms with Gasteiger partial charge in [-0.15, -0.1) is 0 Å². The number of aromatic amines is 1. The molecule has 0 radical (unpaired) electrons. The van der Waals surface area contributed by atoms with Crippen molar-refractivity contribution in [3.8, 4) is 11.5 Å². The first-order chi connectivity index (χ1) is 9.84. The minimum Gasteiger partial charge on any atom is -0.486 e. The summed E-state index contributed by atoms with van der Waals surface area (Å²) in [5.74, 6) is 0.988. The van der Waals surface area contributed by atoms with E-state index in [1.165, 1.54) is 0 Å². The lowest BCUT2D eigenvalue weighted by molar-refractivity contribution is 0.0943. The van der Waals surface area contributed by atoms with E-state index in [-0.39, 0.29) is 5.91 Å².